The van der Waals surface area contributed by atoms with Crippen LogP contribution >= 0.6 is 23.2 Å². The summed E-state index contributed by atoms with van der Waals surface area (Å²) in [5.41, 5.74) is 0.398. The van der Waals surface area contributed by atoms with Gasteiger partial charge >= 0.3 is 0 Å². The zero-order valence-electron chi connectivity index (χ0n) is 11.8. The number of benzene rings is 2. The van der Waals surface area contributed by atoms with Gasteiger partial charge in [0.05, 0.1) is 0 Å². The Morgan fingerprint density at radius 3 is 2.18 bits per heavy atom. The first-order valence-corrected chi connectivity index (χ1v) is 7.50. The van der Waals surface area contributed by atoms with Gasteiger partial charge in [0.25, 0.3) is 0 Å². The Hall–Kier alpha value is -1.84. The molecule has 2 aromatic carbocycles. The Morgan fingerprint density at radius 1 is 1.00 bits per heavy atom. The first-order chi connectivity index (χ1) is 10.5. The lowest BCUT2D eigenvalue weighted by atomic mass is 10.0. The van der Waals surface area contributed by atoms with E-state index in [1.807, 2.05) is 0 Å². The van der Waals surface area contributed by atoms with Crippen molar-refractivity contribution < 1.29 is 14.3 Å². The zero-order valence-corrected chi connectivity index (χ0v) is 13.3. The molecule has 2 rings (SSSR count). The van der Waals surface area contributed by atoms with Gasteiger partial charge in [-0.05, 0) is 31.2 Å². The van der Waals surface area contributed by atoms with Gasteiger partial charge in [0.2, 0.25) is 0 Å². The van der Waals surface area contributed by atoms with Crippen molar-refractivity contribution in [3.63, 3.8) is 0 Å². The van der Waals surface area contributed by atoms with Crippen LogP contribution in [-0.4, -0.2) is 23.0 Å². The van der Waals surface area contributed by atoms with Crippen LogP contribution in [0.2, 0.25) is 5.02 Å². The molecular formula is C17H14Cl2O3. The minimum Gasteiger partial charge on any atom is -0.483 e. The summed E-state index contributed by atoms with van der Waals surface area (Å²) in [5, 5.41) is -0.703. The molecule has 0 radical (unpaired) electrons. The van der Waals surface area contributed by atoms with Crippen molar-refractivity contribution in [2.45, 2.75) is 18.4 Å². The summed E-state index contributed by atoms with van der Waals surface area (Å²) in [6, 6.07) is 15.1. The third kappa shape index (κ3) is 4.09. The molecule has 2 atom stereocenters. The molecule has 0 saturated carbocycles. The molecule has 0 unspecified atom stereocenters. The van der Waals surface area contributed by atoms with Gasteiger partial charge in [-0.1, -0.05) is 41.9 Å². The lowest BCUT2D eigenvalue weighted by molar-refractivity contribution is -0.123. The Morgan fingerprint density at radius 2 is 1.59 bits per heavy atom. The summed E-state index contributed by atoms with van der Waals surface area (Å²) in [7, 11) is 0. The highest BCUT2D eigenvalue weighted by Gasteiger charge is 2.30. The molecule has 0 aromatic heterocycles. The lowest BCUT2D eigenvalue weighted by Gasteiger charge is -2.16. The van der Waals surface area contributed by atoms with Gasteiger partial charge in [0, 0.05) is 10.6 Å². The number of ketones is 2. The number of hydrogen-bond donors (Lipinski definition) is 0. The van der Waals surface area contributed by atoms with E-state index in [0.29, 0.717) is 16.3 Å². The fraction of sp³-hybridized carbons (Fsp3) is 0.176. The quantitative estimate of drug-likeness (QED) is 0.451. The highest BCUT2D eigenvalue weighted by atomic mass is 35.5. The van der Waals surface area contributed by atoms with E-state index in [9.17, 15) is 9.59 Å². The molecule has 0 aliphatic rings. The highest BCUT2D eigenvalue weighted by molar-refractivity contribution is 6.44. The summed E-state index contributed by atoms with van der Waals surface area (Å²) in [6.07, 6.45) is -0.837. The maximum atomic E-state index is 12.2. The summed E-state index contributed by atoms with van der Waals surface area (Å²) in [6.45, 7) is 1.56. The monoisotopic (exact) mass is 336 g/mol. The molecule has 3 nitrogen and oxygen atoms in total. The van der Waals surface area contributed by atoms with E-state index in [0.717, 1.165) is 0 Å². The molecule has 0 saturated heterocycles. The third-order valence-corrected chi connectivity index (χ3v) is 3.73. The Kier molecular flexibility index (Phi) is 5.58. The maximum absolute atomic E-state index is 12.2. The van der Waals surface area contributed by atoms with Crippen LogP contribution in [0.15, 0.2) is 54.6 Å². The fourth-order valence-electron chi connectivity index (χ4n) is 1.86. The number of Topliss-reactive ketones (excluding diaryl/α,β-unsaturated/α-hetero) is 2. The minimum absolute atomic E-state index is 0.398. The minimum atomic E-state index is -1.27. The maximum Gasteiger partial charge on any atom is 0.198 e. The average Bonchev–Trinajstić information content (AvgIpc) is 2.55. The van der Waals surface area contributed by atoms with Gasteiger partial charge < -0.3 is 4.74 Å². The Labute approximate surface area is 138 Å². The number of halogens is 2. The second kappa shape index (κ2) is 7.43. The van der Waals surface area contributed by atoms with E-state index >= 15 is 0 Å². The molecule has 22 heavy (non-hydrogen) atoms. The fourth-order valence-corrected chi connectivity index (χ4v) is 2.29. The van der Waals surface area contributed by atoms with E-state index in [4.69, 9.17) is 27.9 Å². The molecule has 2 aromatic rings. The van der Waals surface area contributed by atoms with Gasteiger partial charge in [-0.3, -0.25) is 9.59 Å². The van der Waals surface area contributed by atoms with Crippen LogP contribution in [0.1, 0.15) is 17.3 Å². The van der Waals surface area contributed by atoms with Crippen molar-refractivity contribution in [3.05, 3.63) is 65.2 Å². The molecule has 5 heteroatoms. The normalized spacial score (nSPS) is 13.2. The molecule has 114 valence electrons. The summed E-state index contributed by atoms with van der Waals surface area (Å²) in [4.78, 5) is 24.4. The van der Waals surface area contributed by atoms with Gasteiger partial charge in [0.15, 0.2) is 23.0 Å². The van der Waals surface area contributed by atoms with Gasteiger partial charge in [0.1, 0.15) is 5.75 Å². The number of ether oxygens (including phenoxy) is 1. The van der Waals surface area contributed by atoms with Crippen LogP contribution in [-0.2, 0) is 4.79 Å². The van der Waals surface area contributed by atoms with Gasteiger partial charge in [-0.2, -0.15) is 0 Å². The molecule has 0 aliphatic heterocycles. The van der Waals surface area contributed by atoms with E-state index in [-0.39, 0.29) is 0 Å². The largest absolute Gasteiger partial charge is 0.483 e. The molecule has 0 aliphatic carbocycles. The number of hydrogen-bond acceptors (Lipinski definition) is 3. The molecule has 0 heterocycles. The van der Waals surface area contributed by atoms with Gasteiger partial charge in [-0.25, -0.2) is 0 Å². The van der Waals surface area contributed by atoms with E-state index in [2.05, 4.69) is 0 Å². The standard InChI is InChI=1S/C17H14Cl2O3/c1-11(22-14-9-7-13(18)8-10-14)16(20)15(19)17(21)12-5-3-2-4-6-12/h2-11,15H,1H3/t11-,15+/m0/s1. The van der Waals surface area contributed by atoms with Crippen molar-refractivity contribution in [1.82, 2.24) is 0 Å². The van der Waals surface area contributed by atoms with Crippen LogP contribution in [0.3, 0.4) is 0 Å². The molecule has 0 amide bonds. The molecule has 0 bridgehead atoms. The highest BCUT2D eigenvalue weighted by Crippen LogP contribution is 2.19. The Balaban J connectivity index is 2.03. The summed E-state index contributed by atoms with van der Waals surface area (Å²) >= 11 is 11.8. The summed E-state index contributed by atoms with van der Waals surface area (Å²) in [5.74, 6) is -0.425. The predicted molar refractivity (Wildman–Crippen MR) is 87.0 cm³/mol. The molecular weight excluding hydrogens is 323 g/mol. The molecule has 0 N–H and O–H groups in total. The number of rotatable bonds is 6. The van der Waals surface area contributed by atoms with Crippen molar-refractivity contribution in [3.8, 4) is 5.75 Å². The van der Waals surface area contributed by atoms with E-state index < -0.39 is 23.0 Å². The third-order valence-electron chi connectivity index (χ3n) is 3.07. The first-order valence-electron chi connectivity index (χ1n) is 6.68. The SMILES string of the molecule is C[C@H](Oc1ccc(Cl)cc1)C(=O)[C@@H](Cl)C(=O)c1ccccc1. The van der Waals surface area contributed by atoms with Gasteiger partial charge in [-0.15, -0.1) is 11.6 Å². The van der Waals surface area contributed by atoms with Crippen LogP contribution in [0, 0.1) is 0 Å². The van der Waals surface area contributed by atoms with Crippen molar-refractivity contribution in [1.29, 1.82) is 0 Å². The Bertz CT molecular complexity index is 653. The zero-order chi connectivity index (χ0) is 16.1. The van der Waals surface area contributed by atoms with Crippen LogP contribution in [0.4, 0.5) is 0 Å². The molecule has 0 fully saturated rings. The topological polar surface area (TPSA) is 43.4 Å². The van der Waals surface area contributed by atoms with Crippen LogP contribution < -0.4 is 4.74 Å². The first kappa shape index (κ1) is 16.5. The van der Waals surface area contributed by atoms with Crippen molar-refractivity contribution in [2.24, 2.45) is 0 Å². The second-order valence-corrected chi connectivity index (χ2v) is 5.58. The second-order valence-electron chi connectivity index (χ2n) is 4.71. The van der Waals surface area contributed by atoms with Crippen molar-refractivity contribution >= 4 is 34.8 Å². The number of carbonyl (C=O) groups is 2. The average molecular weight is 337 g/mol. The van der Waals surface area contributed by atoms with E-state index in [1.165, 1.54) is 0 Å². The predicted octanol–water partition coefficient (Wildman–Crippen LogP) is 4.17. The smallest absolute Gasteiger partial charge is 0.198 e. The van der Waals surface area contributed by atoms with E-state index in [1.54, 1.807) is 61.5 Å². The lowest BCUT2D eigenvalue weighted by Crippen LogP contribution is -2.35. The van der Waals surface area contributed by atoms with Crippen molar-refractivity contribution in [2.75, 3.05) is 0 Å². The molecule has 0 spiro atoms. The van der Waals surface area contributed by atoms with Crippen LogP contribution in [0.25, 0.3) is 0 Å². The summed E-state index contributed by atoms with van der Waals surface area (Å²) < 4.78 is 5.49. The number of alkyl halides is 1. The van der Waals surface area contributed by atoms with Crippen LogP contribution in [0.5, 0.6) is 5.75 Å². The number of carbonyl (C=O) groups excluding carboxylic acids is 2.